The lowest BCUT2D eigenvalue weighted by Crippen LogP contribution is -2.46. The molecule has 0 aromatic heterocycles. The number of hydrogen-bond donors (Lipinski definition) is 0. The highest BCUT2D eigenvalue weighted by Crippen LogP contribution is 2.70. The van der Waals surface area contributed by atoms with E-state index in [1.165, 1.54) is 0 Å². The molecule has 2 rings (SSSR count). The van der Waals surface area contributed by atoms with E-state index >= 15 is 0 Å². The van der Waals surface area contributed by atoms with Crippen LogP contribution in [0.25, 0.3) is 5.57 Å². The molecule has 166 valence electrons. The quantitative estimate of drug-likeness (QED) is 0.467. The van der Waals surface area contributed by atoms with Gasteiger partial charge in [0.05, 0.1) is 11.5 Å². The molecular formula is C22H34N3O4P. The Bertz CT molecular complexity index is 768. The third kappa shape index (κ3) is 4.04. The van der Waals surface area contributed by atoms with Gasteiger partial charge in [-0.1, -0.05) is 24.3 Å². The topological polar surface area (TPSA) is 76.1 Å². The first-order valence-electron chi connectivity index (χ1n) is 10.8. The lowest BCUT2D eigenvalue weighted by Gasteiger charge is -2.43. The molecule has 0 heterocycles. The molecule has 0 unspecified atom stereocenters. The molecule has 0 saturated carbocycles. The van der Waals surface area contributed by atoms with E-state index in [-0.39, 0.29) is 17.1 Å². The van der Waals surface area contributed by atoms with Crippen LogP contribution in [-0.2, 0) is 9.32 Å². The molecule has 0 spiro atoms. The third-order valence-corrected chi connectivity index (χ3v) is 9.92. The van der Waals surface area contributed by atoms with Gasteiger partial charge < -0.3 is 9.90 Å². The largest absolute Gasteiger partial charge is 0.545 e. The first-order chi connectivity index (χ1) is 14.4. The van der Waals surface area contributed by atoms with E-state index in [4.69, 9.17) is 4.52 Å². The predicted molar refractivity (Wildman–Crippen MR) is 119 cm³/mol. The van der Waals surface area contributed by atoms with Crippen molar-refractivity contribution >= 4 is 25.3 Å². The smallest absolute Gasteiger partial charge is 0.417 e. The van der Waals surface area contributed by atoms with Crippen LogP contribution in [0.3, 0.4) is 0 Å². The summed E-state index contributed by atoms with van der Waals surface area (Å²) in [7, 11) is -2.69. The molecule has 0 fully saturated rings. The second-order valence-electron chi connectivity index (χ2n) is 6.89. The van der Waals surface area contributed by atoms with Crippen LogP contribution in [0.15, 0.2) is 30.0 Å². The summed E-state index contributed by atoms with van der Waals surface area (Å²) in [5, 5.41) is 12.1. The zero-order chi connectivity index (χ0) is 22.5. The Morgan fingerprint density at radius 1 is 0.833 bits per heavy atom. The average Bonchev–Trinajstić information content (AvgIpc) is 3.02. The maximum Gasteiger partial charge on any atom is 0.417 e. The Kier molecular flexibility index (Phi) is 8.56. The van der Waals surface area contributed by atoms with Gasteiger partial charge in [0.25, 0.3) is 0 Å². The number of nitrogens with zero attached hydrogens (tertiary/aromatic N) is 3. The van der Waals surface area contributed by atoms with Gasteiger partial charge in [-0.3, -0.25) is 9.32 Å². The Morgan fingerprint density at radius 3 is 1.60 bits per heavy atom. The van der Waals surface area contributed by atoms with E-state index < -0.39 is 13.9 Å². The fraction of sp³-hybridized carbons (Fsp3) is 0.545. The van der Waals surface area contributed by atoms with Crippen molar-refractivity contribution in [3.63, 3.8) is 0 Å². The van der Waals surface area contributed by atoms with E-state index in [1.54, 1.807) is 24.3 Å². The van der Waals surface area contributed by atoms with Gasteiger partial charge in [-0.25, -0.2) is 0 Å². The number of aliphatic carboxylic acids is 1. The molecule has 0 aliphatic heterocycles. The van der Waals surface area contributed by atoms with E-state index in [0.717, 1.165) is 0 Å². The predicted octanol–water partition coefficient (Wildman–Crippen LogP) is 3.06. The van der Waals surface area contributed by atoms with Crippen LogP contribution >= 0.6 is 7.94 Å². The van der Waals surface area contributed by atoms with Crippen LogP contribution < -0.4 is 5.11 Å². The van der Waals surface area contributed by atoms with E-state index in [9.17, 15) is 14.7 Å². The monoisotopic (exact) mass is 435 g/mol. The van der Waals surface area contributed by atoms with Crippen LogP contribution in [0.1, 0.15) is 57.5 Å². The van der Waals surface area contributed by atoms with Crippen molar-refractivity contribution in [2.75, 3.05) is 39.3 Å². The van der Waals surface area contributed by atoms with Crippen LogP contribution in [0.4, 0.5) is 0 Å². The van der Waals surface area contributed by atoms with Gasteiger partial charge in [0, 0.05) is 44.8 Å². The highest BCUT2D eigenvalue weighted by molar-refractivity contribution is 7.64. The number of carbonyl (C=O) groups excluding carboxylic acids is 2. The Morgan fingerprint density at radius 2 is 1.23 bits per heavy atom. The van der Waals surface area contributed by atoms with Crippen molar-refractivity contribution in [2.24, 2.45) is 0 Å². The lowest BCUT2D eigenvalue weighted by atomic mass is 10.1. The number of Topliss-reactive ketones (excluding diaryl/α,β-unsaturated/α-hetero) is 1. The van der Waals surface area contributed by atoms with Crippen LogP contribution in [-0.4, -0.2) is 65.0 Å². The van der Waals surface area contributed by atoms with Gasteiger partial charge in [-0.2, -0.15) is 0 Å². The zero-order valence-corrected chi connectivity index (χ0v) is 19.9. The summed E-state index contributed by atoms with van der Waals surface area (Å²) in [4.78, 5) is 25.4. The number of benzene rings is 1. The number of allylic oxidation sites excluding steroid dienone is 1. The summed E-state index contributed by atoms with van der Waals surface area (Å²) in [5.41, 5.74) is 0.573. The molecular weight excluding hydrogens is 401 g/mol. The molecule has 0 saturated heterocycles. The van der Waals surface area contributed by atoms with Crippen molar-refractivity contribution in [1.82, 2.24) is 14.0 Å². The minimum atomic E-state index is -2.69. The molecule has 1 aromatic rings. The van der Waals surface area contributed by atoms with Gasteiger partial charge in [0.2, 0.25) is 11.5 Å². The normalized spacial score (nSPS) is 14.2. The summed E-state index contributed by atoms with van der Waals surface area (Å²) in [5.74, 6) is -1.88. The fourth-order valence-electron chi connectivity index (χ4n) is 4.16. The zero-order valence-electron chi connectivity index (χ0n) is 19.0. The second kappa shape index (κ2) is 10.5. The van der Waals surface area contributed by atoms with E-state index in [2.05, 4.69) is 55.6 Å². The van der Waals surface area contributed by atoms with Crippen LogP contribution in [0, 0.1) is 0 Å². The molecule has 1 aromatic carbocycles. The maximum atomic E-state index is 13.3. The highest BCUT2D eigenvalue weighted by Gasteiger charge is 2.60. The van der Waals surface area contributed by atoms with Gasteiger partial charge in [0.15, 0.2) is 0 Å². The fourth-order valence-corrected chi connectivity index (χ4v) is 8.21. The van der Waals surface area contributed by atoms with Crippen LogP contribution in [0.2, 0.25) is 0 Å². The molecule has 1 aliphatic rings. The number of rotatable bonds is 12. The molecule has 0 N–H and O–H groups in total. The molecule has 0 atom stereocenters. The average molecular weight is 436 g/mol. The minimum absolute atomic E-state index is 0.102. The molecule has 0 bridgehead atoms. The molecule has 0 amide bonds. The van der Waals surface area contributed by atoms with Crippen molar-refractivity contribution in [3.8, 4) is 0 Å². The molecule has 8 heteroatoms. The molecule has 7 nitrogen and oxygen atoms in total. The summed E-state index contributed by atoms with van der Waals surface area (Å²) < 4.78 is 13.4. The second-order valence-corrected chi connectivity index (χ2v) is 9.79. The summed E-state index contributed by atoms with van der Waals surface area (Å²) in [6.45, 7) is 16.7. The van der Waals surface area contributed by atoms with Gasteiger partial charge in [-0.15, -0.1) is 14.0 Å². The molecule has 30 heavy (non-hydrogen) atoms. The van der Waals surface area contributed by atoms with Crippen molar-refractivity contribution in [3.05, 3.63) is 41.2 Å². The number of carboxylic acids is 1. The molecule has 1 aliphatic carbocycles. The highest BCUT2D eigenvalue weighted by atomic mass is 31.2. The van der Waals surface area contributed by atoms with Gasteiger partial charge in [0.1, 0.15) is 0 Å². The molecule has 0 radical (unpaired) electrons. The summed E-state index contributed by atoms with van der Waals surface area (Å²) >= 11 is 0. The number of carbonyl (C=O) groups is 2. The first-order valence-corrected chi connectivity index (χ1v) is 12.4. The standard InChI is InChI=1S/C22H34N3O4P/c1-7-23(8-2)30(24(9-3)10-4,25(11-5)12-6)29-21-19(22(27)28)17-15-13-14-16-18(17)20(21)26/h13-16H,7-12H2,1-6H3. The maximum absolute atomic E-state index is 13.3. The summed E-state index contributed by atoms with van der Waals surface area (Å²) in [6.07, 6.45) is 0. The Labute approximate surface area is 180 Å². The number of fused-ring (bicyclic) bond motifs is 1. The van der Waals surface area contributed by atoms with Crippen LogP contribution in [0.5, 0.6) is 0 Å². The Balaban J connectivity index is 2.77. The van der Waals surface area contributed by atoms with Gasteiger partial charge >= 0.3 is 7.94 Å². The number of hydrogen-bond acceptors (Lipinski definition) is 7. The number of ketones is 1. The van der Waals surface area contributed by atoms with E-state index in [1.807, 2.05) is 0 Å². The minimum Gasteiger partial charge on any atom is -0.545 e. The summed E-state index contributed by atoms with van der Waals surface area (Å²) in [6, 6.07) is 6.73. The van der Waals surface area contributed by atoms with E-state index in [0.29, 0.717) is 50.4 Å². The Hall–Kier alpha value is -1.79. The van der Waals surface area contributed by atoms with Gasteiger partial charge in [-0.05, 0) is 47.1 Å². The first kappa shape index (κ1) is 24.5. The third-order valence-electron chi connectivity index (χ3n) is 5.59. The lowest BCUT2D eigenvalue weighted by molar-refractivity contribution is -0.295. The SMILES string of the molecule is CCN(CC)[P+](OC1=C(C(=O)[O-])c2ccccc2C1=O)(N(CC)CC)N(CC)CC. The van der Waals surface area contributed by atoms with Crippen molar-refractivity contribution in [2.45, 2.75) is 41.5 Å². The number of carboxylic acid groups (broad SMARTS) is 1. The van der Waals surface area contributed by atoms with Crippen molar-refractivity contribution in [1.29, 1.82) is 0 Å². The van der Waals surface area contributed by atoms with Crippen molar-refractivity contribution < 1.29 is 19.2 Å².